The molecule has 2 heterocycles. The van der Waals surface area contributed by atoms with Crippen LogP contribution < -0.4 is 5.32 Å². The Balaban J connectivity index is 0.000000847. The lowest BCUT2D eigenvalue weighted by Gasteiger charge is -2.06. The first-order valence-corrected chi connectivity index (χ1v) is 8.07. The minimum atomic E-state index is -0.658. The van der Waals surface area contributed by atoms with Crippen LogP contribution in [0.5, 0.6) is 0 Å². The highest BCUT2D eigenvalue weighted by atomic mass is 79.9. The van der Waals surface area contributed by atoms with E-state index in [0.29, 0.717) is 16.3 Å². The summed E-state index contributed by atoms with van der Waals surface area (Å²) in [5.41, 5.74) is 0.897. The van der Waals surface area contributed by atoms with E-state index < -0.39 is 11.7 Å². The molecule has 0 radical (unpaired) electrons. The topological polar surface area (TPSA) is 70.7 Å². The predicted molar refractivity (Wildman–Crippen MR) is 86.2 cm³/mol. The molecule has 118 valence electrons. The third-order valence-electron chi connectivity index (χ3n) is 3.23. The largest absolute Gasteiger partial charge is 0.307 e. The Kier molecular flexibility index (Phi) is 5.65. The summed E-state index contributed by atoms with van der Waals surface area (Å²) in [4.78, 5) is 15.8. The van der Waals surface area contributed by atoms with Gasteiger partial charge in [-0.25, -0.2) is 9.37 Å². The molecule has 1 saturated carbocycles. The molecule has 1 aliphatic rings. The number of nitrogens with zero attached hydrogens (tertiary/aromatic N) is 2. The highest BCUT2D eigenvalue weighted by Gasteiger charge is 2.24. The van der Waals surface area contributed by atoms with Crippen molar-refractivity contribution in [2.24, 2.45) is 5.92 Å². The van der Waals surface area contributed by atoms with Crippen molar-refractivity contribution in [3.8, 4) is 0 Å². The summed E-state index contributed by atoms with van der Waals surface area (Å²) in [6.45, 7) is 4.00. The number of halogens is 2. The number of pyridine rings is 1. The van der Waals surface area contributed by atoms with Crippen molar-refractivity contribution in [1.29, 1.82) is 0 Å². The predicted octanol–water partition coefficient (Wildman–Crippen LogP) is 3.94. The number of hydrogen-bond acceptors (Lipinski definition) is 3. The van der Waals surface area contributed by atoms with Crippen molar-refractivity contribution in [2.45, 2.75) is 33.1 Å². The number of carbonyl (C=O) groups is 1. The summed E-state index contributed by atoms with van der Waals surface area (Å²) in [6.07, 6.45) is 6.02. The van der Waals surface area contributed by atoms with E-state index >= 15 is 0 Å². The number of H-pyrrole nitrogens is 1. The first-order valence-electron chi connectivity index (χ1n) is 7.28. The average molecular weight is 369 g/mol. The van der Waals surface area contributed by atoms with Gasteiger partial charge in [-0.05, 0) is 47.2 Å². The average Bonchev–Trinajstić information content (AvgIpc) is 3.24. The quantitative estimate of drug-likeness (QED) is 0.802. The van der Waals surface area contributed by atoms with Gasteiger partial charge < -0.3 is 5.32 Å². The van der Waals surface area contributed by atoms with Crippen LogP contribution in [0, 0.1) is 11.7 Å². The van der Waals surface area contributed by atoms with E-state index in [1.807, 2.05) is 13.8 Å². The van der Waals surface area contributed by atoms with Gasteiger partial charge in [-0.1, -0.05) is 13.8 Å². The molecule has 3 rings (SSSR count). The van der Waals surface area contributed by atoms with Crippen LogP contribution in [0.25, 0.3) is 0 Å². The first kappa shape index (κ1) is 16.6. The Morgan fingerprint density at radius 2 is 2.18 bits per heavy atom. The van der Waals surface area contributed by atoms with Crippen molar-refractivity contribution in [3.63, 3.8) is 0 Å². The van der Waals surface area contributed by atoms with E-state index in [-0.39, 0.29) is 5.56 Å². The molecule has 0 aromatic carbocycles. The summed E-state index contributed by atoms with van der Waals surface area (Å²) < 4.78 is 14.0. The van der Waals surface area contributed by atoms with Gasteiger partial charge in [0, 0.05) is 5.56 Å². The van der Waals surface area contributed by atoms with Crippen molar-refractivity contribution in [3.05, 3.63) is 40.0 Å². The highest BCUT2D eigenvalue weighted by Crippen LogP contribution is 2.34. The van der Waals surface area contributed by atoms with Gasteiger partial charge in [-0.2, -0.15) is 5.10 Å². The second kappa shape index (κ2) is 7.49. The van der Waals surface area contributed by atoms with Gasteiger partial charge in [-0.15, -0.1) is 0 Å². The Bertz CT molecular complexity index is 655. The fourth-order valence-corrected chi connectivity index (χ4v) is 2.31. The van der Waals surface area contributed by atoms with Gasteiger partial charge in [-0.3, -0.25) is 9.89 Å². The van der Waals surface area contributed by atoms with Gasteiger partial charge in [0.25, 0.3) is 5.91 Å². The van der Waals surface area contributed by atoms with Crippen molar-refractivity contribution in [1.82, 2.24) is 15.2 Å². The van der Waals surface area contributed by atoms with E-state index in [0.717, 1.165) is 18.2 Å². The molecule has 0 bridgehead atoms. The number of rotatable bonds is 4. The van der Waals surface area contributed by atoms with E-state index in [2.05, 4.69) is 36.4 Å². The van der Waals surface area contributed by atoms with Gasteiger partial charge in [0.1, 0.15) is 10.4 Å². The molecular weight excluding hydrogens is 351 g/mol. The number of anilines is 1. The molecule has 1 amide bonds. The Labute approximate surface area is 136 Å². The molecule has 0 saturated heterocycles. The molecule has 2 aromatic rings. The monoisotopic (exact) mass is 368 g/mol. The maximum absolute atomic E-state index is 13.6. The molecule has 2 aromatic heterocycles. The zero-order valence-electron chi connectivity index (χ0n) is 12.5. The van der Waals surface area contributed by atoms with Gasteiger partial charge in [0.05, 0.1) is 18.0 Å². The molecule has 7 heteroatoms. The Hall–Kier alpha value is -1.76. The lowest BCUT2D eigenvalue weighted by molar-refractivity contribution is 0.102. The van der Waals surface area contributed by atoms with Crippen LogP contribution in [0.15, 0.2) is 23.1 Å². The summed E-state index contributed by atoms with van der Waals surface area (Å²) in [5, 5.41) is 9.34. The van der Waals surface area contributed by atoms with E-state index in [4.69, 9.17) is 0 Å². The van der Waals surface area contributed by atoms with E-state index in [1.54, 1.807) is 6.20 Å². The zero-order chi connectivity index (χ0) is 16.1. The molecule has 22 heavy (non-hydrogen) atoms. The second-order valence-corrected chi connectivity index (χ2v) is 5.67. The molecule has 5 nitrogen and oxygen atoms in total. The third-order valence-corrected chi connectivity index (χ3v) is 3.66. The van der Waals surface area contributed by atoms with Crippen LogP contribution in [-0.2, 0) is 6.42 Å². The number of nitrogens with one attached hydrogen (secondary N) is 2. The van der Waals surface area contributed by atoms with Gasteiger partial charge in [0.2, 0.25) is 0 Å². The van der Waals surface area contributed by atoms with Crippen molar-refractivity contribution >= 4 is 27.7 Å². The normalized spacial score (nSPS) is 13.3. The Morgan fingerprint density at radius 1 is 1.45 bits per heavy atom. The zero-order valence-corrected chi connectivity index (χ0v) is 14.1. The van der Waals surface area contributed by atoms with Gasteiger partial charge >= 0.3 is 0 Å². The number of aromatic nitrogens is 3. The maximum Gasteiger partial charge on any atom is 0.259 e. The number of amides is 1. The third kappa shape index (κ3) is 4.13. The lowest BCUT2D eigenvalue weighted by Crippen LogP contribution is -2.15. The van der Waals surface area contributed by atoms with Gasteiger partial charge in [0.15, 0.2) is 5.82 Å². The molecule has 0 aliphatic heterocycles. The number of hydrogen-bond donors (Lipinski definition) is 2. The van der Waals surface area contributed by atoms with Crippen LogP contribution in [-0.4, -0.2) is 21.1 Å². The summed E-state index contributed by atoms with van der Waals surface area (Å²) in [5.74, 6) is 0.0325. The number of aromatic amines is 1. The second-order valence-electron chi connectivity index (χ2n) is 4.86. The molecular formula is C15H18BrFN4O. The summed E-state index contributed by atoms with van der Waals surface area (Å²) in [6, 6.07) is 1.35. The summed E-state index contributed by atoms with van der Waals surface area (Å²) >= 11 is 3.12. The van der Waals surface area contributed by atoms with E-state index in [9.17, 15) is 9.18 Å². The molecule has 0 spiro atoms. The smallest absolute Gasteiger partial charge is 0.259 e. The molecule has 2 N–H and O–H groups in total. The minimum absolute atomic E-state index is 0.0566. The molecule has 0 atom stereocenters. The summed E-state index contributed by atoms with van der Waals surface area (Å²) in [7, 11) is 0. The lowest BCUT2D eigenvalue weighted by atomic mass is 10.1. The van der Waals surface area contributed by atoms with Crippen LogP contribution in [0.2, 0.25) is 0 Å². The molecule has 0 unspecified atom stereocenters. The standard InChI is InChI=1S/C13H12BrFN4O.C2H6/c14-11-4-9(10(15)6-16-11)13(20)18-12-8(5-17-19-12)3-7-1-2-7;1-2/h4-7H,1-3H2,(H2,17,18,19,20);1-2H3. The van der Waals surface area contributed by atoms with Crippen molar-refractivity contribution in [2.75, 3.05) is 5.32 Å². The van der Waals surface area contributed by atoms with Crippen LogP contribution in [0.1, 0.15) is 42.6 Å². The molecule has 1 aliphatic carbocycles. The molecule has 1 fully saturated rings. The first-order chi connectivity index (χ1) is 10.6. The van der Waals surface area contributed by atoms with Crippen LogP contribution in [0.3, 0.4) is 0 Å². The maximum atomic E-state index is 13.6. The minimum Gasteiger partial charge on any atom is -0.307 e. The SMILES string of the molecule is CC.O=C(Nc1[nH]ncc1CC1CC1)c1cc(Br)ncc1F. The van der Waals surface area contributed by atoms with Crippen LogP contribution in [0.4, 0.5) is 10.2 Å². The fourth-order valence-electron chi connectivity index (χ4n) is 1.98. The van der Waals surface area contributed by atoms with Crippen LogP contribution >= 0.6 is 15.9 Å². The van der Waals surface area contributed by atoms with Crippen molar-refractivity contribution < 1.29 is 9.18 Å². The number of carbonyl (C=O) groups excluding carboxylic acids is 1. The Morgan fingerprint density at radius 3 is 2.86 bits per heavy atom. The highest BCUT2D eigenvalue weighted by molar-refractivity contribution is 9.10. The fraction of sp³-hybridized carbons (Fsp3) is 0.400. The van der Waals surface area contributed by atoms with E-state index in [1.165, 1.54) is 18.9 Å².